The molecule has 1 saturated carbocycles. The van der Waals surface area contributed by atoms with Crippen LogP contribution in [0.4, 0.5) is 0 Å². The molecule has 0 heterocycles. The van der Waals surface area contributed by atoms with Crippen molar-refractivity contribution in [2.75, 3.05) is 0 Å². The summed E-state index contributed by atoms with van der Waals surface area (Å²) in [6.07, 6.45) is 5.58. The van der Waals surface area contributed by atoms with Gasteiger partial charge in [-0.15, -0.1) is 0 Å². The van der Waals surface area contributed by atoms with Crippen molar-refractivity contribution < 1.29 is 19.8 Å². The van der Waals surface area contributed by atoms with E-state index in [4.69, 9.17) is 11.6 Å². The molecule has 2 N–H and O–H groups in total. The van der Waals surface area contributed by atoms with Gasteiger partial charge in [0, 0.05) is 5.03 Å². The molecular formula is C14H19ClO4. The highest BCUT2D eigenvalue weighted by Crippen LogP contribution is 2.53. The second-order valence-corrected chi connectivity index (χ2v) is 6.59. The zero-order valence-electron chi connectivity index (χ0n) is 11.0. The number of carboxylic acid groups (broad SMARTS) is 2. The molecule has 0 aromatic rings. The third-order valence-electron chi connectivity index (χ3n) is 4.67. The van der Waals surface area contributed by atoms with E-state index in [1.165, 1.54) is 0 Å². The predicted octanol–water partition coefficient (Wildman–Crippen LogP) is 3.26. The van der Waals surface area contributed by atoms with Crippen LogP contribution in [0.1, 0.15) is 45.4 Å². The SMILES string of the molecule is CC1(C(=O)O)CC=C(Cl)C(CC2CCC2)(C(=O)O)C1. The molecule has 0 spiro atoms. The lowest BCUT2D eigenvalue weighted by Gasteiger charge is -2.43. The maximum atomic E-state index is 11.8. The van der Waals surface area contributed by atoms with Gasteiger partial charge in [0.15, 0.2) is 0 Å². The topological polar surface area (TPSA) is 74.6 Å². The predicted molar refractivity (Wildman–Crippen MR) is 70.9 cm³/mol. The van der Waals surface area contributed by atoms with Gasteiger partial charge in [-0.3, -0.25) is 9.59 Å². The largest absolute Gasteiger partial charge is 0.481 e. The maximum absolute atomic E-state index is 11.8. The van der Waals surface area contributed by atoms with Crippen LogP contribution in [0.25, 0.3) is 0 Å². The summed E-state index contributed by atoms with van der Waals surface area (Å²) in [4.78, 5) is 23.2. The van der Waals surface area contributed by atoms with Crippen LogP contribution in [0.3, 0.4) is 0 Å². The molecule has 0 saturated heterocycles. The van der Waals surface area contributed by atoms with Gasteiger partial charge in [0.25, 0.3) is 0 Å². The molecule has 2 rings (SSSR count). The lowest BCUT2D eigenvalue weighted by Crippen LogP contribution is -2.45. The van der Waals surface area contributed by atoms with E-state index in [0.717, 1.165) is 19.3 Å². The zero-order chi connectivity index (χ0) is 14.3. The van der Waals surface area contributed by atoms with Crippen molar-refractivity contribution in [3.05, 3.63) is 11.1 Å². The first-order valence-corrected chi connectivity index (χ1v) is 7.01. The van der Waals surface area contributed by atoms with Gasteiger partial charge in [0.1, 0.15) is 5.41 Å². The molecule has 2 aliphatic carbocycles. The molecule has 0 aliphatic heterocycles. The van der Waals surface area contributed by atoms with Crippen LogP contribution in [0.2, 0.25) is 0 Å². The number of carbonyl (C=O) groups is 2. The zero-order valence-corrected chi connectivity index (χ0v) is 11.7. The van der Waals surface area contributed by atoms with E-state index >= 15 is 0 Å². The second-order valence-electron chi connectivity index (χ2n) is 6.19. The van der Waals surface area contributed by atoms with Crippen molar-refractivity contribution >= 4 is 23.5 Å². The maximum Gasteiger partial charge on any atom is 0.315 e. The summed E-state index contributed by atoms with van der Waals surface area (Å²) in [5.41, 5.74) is -2.25. The van der Waals surface area contributed by atoms with Crippen LogP contribution in [-0.2, 0) is 9.59 Å². The van der Waals surface area contributed by atoms with Gasteiger partial charge >= 0.3 is 11.9 Å². The van der Waals surface area contributed by atoms with Gasteiger partial charge in [-0.2, -0.15) is 0 Å². The highest BCUT2D eigenvalue weighted by Gasteiger charge is 2.53. The van der Waals surface area contributed by atoms with Gasteiger partial charge in [-0.1, -0.05) is 36.9 Å². The highest BCUT2D eigenvalue weighted by molar-refractivity contribution is 6.32. The minimum Gasteiger partial charge on any atom is -0.481 e. The van der Waals surface area contributed by atoms with Crippen molar-refractivity contribution in [3.8, 4) is 0 Å². The third-order valence-corrected chi connectivity index (χ3v) is 5.18. The molecule has 0 radical (unpaired) electrons. The molecule has 0 aromatic heterocycles. The first-order chi connectivity index (χ1) is 8.80. The Morgan fingerprint density at radius 3 is 2.42 bits per heavy atom. The van der Waals surface area contributed by atoms with E-state index in [-0.39, 0.29) is 6.42 Å². The normalized spacial score (nSPS) is 35.4. The highest BCUT2D eigenvalue weighted by atomic mass is 35.5. The molecule has 0 amide bonds. The molecule has 5 heteroatoms. The number of aliphatic carboxylic acids is 2. The Hall–Kier alpha value is -1.03. The lowest BCUT2D eigenvalue weighted by atomic mass is 9.61. The Morgan fingerprint density at radius 1 is 1.37 bits per heavy atom. The number of halogens is 1. The molecule has 1 fully saturated rings. The summed E-state index contributed by atoms with van der Waals surface area (Å²) < 4.78 is 0. The van der Waals surface area contributed by atoms with Gasteiger partial charge < -0.3 is 10.2 Å². The summed E-state index contributed by atoms with van der Waals surface area (Å²) in [5.74, 6) is -1.59. The van der Waals surface area contributed by atoms with E-state index in [1.807, 2.05) is 0 Å². The van der Waals surface area contributed by atoms with E-state index in [9.17, 15) is 19.8 Å². The third kappa shape index (κ3) is 2.38. The van der Waals surface area contributed by atoms with Crippen LogP contribution in [-0.4, -0.2) is 22.2 Å². The van der Waals surface area contributed by atoms with E-state index in [2.05, 4.69) is 0 Å². The van der Waals surface area contributed by atoms with Crippen molar-refractivity contribution in [3.63, 3.8) is 0 Å². The van der Waals surface area contributed by atoms with Crippen LogP contribution >= 0.6 is 11.6 Å². The fourth-order valence-corrected chi connectivity index (χ4v) is 3.42. The summed E-state index contributed by atoms with van der Waals surface area (Å²) in [6, 6.07) is 0. The second kappa shape index (κ2) is 4.82. The molecule has 0 bridgehead atoms. The van der Waals surface area contributed by atoms with Crippen LogP contribution in [0.5, 0.6) is 0 Å². The van der Waals surface area contributed by atoms with Gasteiger partial charge in [0.05, 0.1) is 5.41 Å². The molecule has 0 aromatic carbocycles. The molecule has 106 valence electrons. The molecule has 2 unspecified atom stereocenters. The summed E-state index contributed by atoms with van der Waals surface area (Å²) in [6.45, 7) is 1.60. The van der Waals surface area contributed by atoms with Crippen LogP contribution < -0.4 is 0 Å². The number of carboxylic acids is 2. The average molecular weight is 287 g/mol. The summed E-state index contributed by atoms with van der Waals surface area (Å²) in [7, 11) is 0. The Morgan fingerprint density at radius 2 is 2.00 bits per heavy atom. The summed E-state index contributed by atoms with van der Waals surface area (Å²) >= 11 is 6.18. The van der Waals surface area contributed by atoms with Crippen molar-refractivity contribution in [1.82, 2.24) is 0 Å². The lowest BCUT2D eigenvalue weighted by molar-refractivity contribution is -0.157. The monoisotopic (exact) mass is 286 g/mol. The first-order valence-electron chi connectivity index (χ1n) is 6.63. The Bertz CT molecular complexity index is 441. The first kappa shape index (κ1) is 14.4. The molecule has 19 heavy (non-hydrogen) atoms. The number of hydrogen-bond acceptors (Lipinski definition) is 2. The minimum atomic E-state index is -1.21. The van der Waals surface area contributed by atoms with Gasteiger partial charge in [-0.25, -0.2) is 0 Å². The van der Waals surface area contributed by atoms with E-state index in [1.54, 1.807) is 13.0 Å². The molecular weight excluding hydrogens is 268 g/mol. The van der Waals surface area contributed by atoms with Crippen LogP contribution in [0, 0.1) is 16.7 Å². The van der Waals surface area contributed by atoms with Gasteiger partial charge in [0.2, 0.25) is 0 Å². The fraction of sp³-hybridized carbons (Fsp3) is 0.714. The number of allylic oxidation sites excluding steroid dienone is 1. The fourth-order valence-electron chi connectivity index (χ4n) is 3.12. The Kier molecular flexibility index (Phi) is 3.65. The number of rotatable bonds is 4. The number of hydrogen-bond donors (Lipinski definition) is 2. The molecule has 2 aliphatic rings. The smallest absolute Gasteiger partial charge is 0.315 e. The van der Waals surface area contributed by atoms with Crippen LogP contribution in [0.15, 0.2) is 11.1 Å². The van der Waals surface area contributed by atoms with Crippen molar-refractivity contribution in [1.29, 1.82) is 0 Å². The molecule has 4 nitrogen and oxygen atoms in total. The van der Waals surface area contributed by atoms with Crippen molar-refractivity contribution in [2.45, 2.75) is 45.4 Å². The quantitative estimate of drug-likeness (QED) is 0.832. The van der Waals surface area contributed by atoms with Crippen molar-refractivity contribution in [2.24, 2.45) is 16.7 Å². The average Bonchev–Trinajstić information content (AvgIpc) is 2.27. The minimum absolute atomic E-state index is 0.0799. The standard InChI is InChI=1S/C14H19ClO4/c1-13(11(16)17)6-5-10(15)14(8-13,12(18)19)7-9-3-2-4-9/h5,9H,2-4,6-8H2,1H3,(H,16,17)(H,18,19). The van der Waals surface area contributed by atoms with E-state index in [0.29, 0.717) is 23.8 Å². The summed E-state index contributed by atoms with van der Waals surface area (Å²) in [5, 5.41) is 19.3. The Balaban J connectivity index is 2.34. The van der Waals surface area contributed by atoms with Gasteiger partial charge in [-0.05, 0) is 32.1 Å². The Labute approximate surface area is 117 Å². The molecule has 2 atom stereocenters. The van der Waals surface area contributed by atoms with E-state index < -0.39 is 22.8 Å².